The summed E-state index contributed by atoms with van der Waals surface area (Å²) in [4.78, 5) is 24.5. The van der Waals surface area contributed by atoms with E-state index in [9.17, 15) is 15.0 Å². The van der Waals surface area contributed by atoms with Gasteiger partial charge in [-0.05, 0) is 91.4 Å². The Morgan fingerprint density at radius 2 is 1.76 bits per heavy atom. The van der Waals surface area contributed by atoms with Crippen molar-refractivity contribution < 1.29 is 19.7 Å². The van der Waals surface area contributed by atoms with Crippen LogP contribution in [0.25, 0.3) is 11.2 Å². The van der Waals surface area contributed by atoms with Gasteiger partial charge in [-0.1, -0.05) is 0 Å². The lowest BCUT2D eigenvalue weighted by Crippen LogP contribution is -2.47. The second kappa shape index (κ2) is 9.91. The molecule has 1 aliphatic heterocycles. The molecule has 2 aromatic heterocycles. The molecular weight excluding hydrogens is 470 g/mol. The Hall–Kier alpha value is -2.07. The van der Waals surface area contributed by atoms with E-state index in [1.54, 1.807) is 19.3 Å². The second-order valence-corrected chi connectivity index (χ2v) is 12.4. The van der Waals surface area contributed by atoms with E-state index in [1.165, 1.54) is 19.3 Å². The maximum atomic E-state index is 12.6. The summed E-state index contributed by atoms with van der Waals surface area (Å²) < 4.78 is 5.34. The minimum absolute atomic E-state index is 0.0162. The maximum Gasteiger partial charge on any atom is 0.255 e. The third kappa shape index (κ3) is 5.85. The molecule has 6 atom stereocenters. The van der Waals surface area contributed by atoms with Crippen LogP contribution in [0.5, 0.6) is 0 Å². The van der Waals surface area contributed by atoms with Gasteiger partial charge >= 0.3 is 0 Å². The van der Waals surface area contributed by atoms with Gasteiger partial charge in [0.15, 0.2) is 5.65 Å². The fraction of sp³-hybridized carbons (Fsp3) is 0.750. The highest BCUT2D eigenvalue weighted by Crippen LogP contribution is 2.49. The summed E-state index contributed by atoms with van der Waals surface area (Å²) >= 11 is 0. The van der Waals surface area contributed by atoms with Gasteiger partial charge < -0.3 is 31.0 Å². The second-order valence-electron chi connectivity index (χ2n) is 12.4. The molecule has 4 saturated carbocycles. The van der Waals surface area contributed by atoms with Crippen molar-refractivity contribution in [2.24, 2.45) is 5.73 Å². The van der Waals surface area contributed by atoms with E-state index in [2.05, 4.69) is 27.2 Å². The summed E-state index contributed by atoms with van der Waals surface area (Å²) in [5.74, 6) is 0.305. The first-order valence-electron chi connectivity index (χ1n) is 14.0. The number of nitrogens with one attached hydrogen (secondary N) is 2. The minimum Gasteiger partial charge on any atom is -0.389 e. The molecule has 0 radical (unpaired) electrons. The fourth-order valence-electron chi connectivity index (χ4n) is 5.96. The lowest BCUT2D eigenvalue weighted by Gasteiger charge is -2.26. The Labute approximate surface area is 219 Å². The number of rotatable bonds is 3. The van der Waals surface area contributed by atoms with Crippen LogP contribution < -0.4 is 11.1 Å². The Bertz CT molecular complexity index is 1120. The lowest BCUT2D eigenvalue weighted by molar-refractivity contribution is 0.0368. The van der Waals surface area contributed by atoms with E-state index in [0.29, 0.717) is 34.4 Å². The number of hydrogen-bond acceptors (Lipinski definition) is 7. The standard InChI is InChI=1S/C16H20N4O2.C6H13NO.C6H10O/c1-16(22)6-2-3-12(16)20-15(21)10-7-17-14-13(10)19-11(8-18-14)9-4-5-9;1-6(8)4-2-3-5(6)7;1-6-4-2-3-5(6)7-6/h7-9,12,22H,2-6H2,1H3,(H,17,18)(H,20,21);5,8H,2-4,7H2,1H3;5H,2-4H2,1H3/t12-,16-;5-,6-;/m00./s1. The molecule has 6 N–H and O–H groups in total. The van der Waals surface area contributed by atoms with Crippen molar-refractivity contribution in [3.8, 4) is 0 Å². The van der Waals surface area contributed by atoms with Gasteiger partial charge in [0.1, 0.15) is 5.52 Å². The molecule has 5 aliphatic rings. The number of aromatic amines is 1. The van der Waals surface area contributed by atoms with Crippen molar-refractivity contribution in [3.05, 3.63) is 23.7 Å². The van der Waals surface area contributed by atoms with E-state index in [1.807, 2.05) is 6.92 Å². The van der Waals surface area contributed by atoms with Gasteiger partial charge in [-0.3, -0.25) is 4.79 Å². The number of carbonyl (C=O) groups excluding carboxylic acids is 1. The SMILES string of the molecule is CC12CCCC1O2.C[C@]1(O)CCC[C@@H]1N.C[C@]1(O)CCC[C@@H]1NC(=O)c1c[nH]c2ncc(C3CC3)nc12. The number of aliphatic hydroxyl groups is 2. The number of hydrogen-bond donors (Lipinski definition) is 5. The van der Waals surface area contributed by atoms with Crippen molar-refractivity contribution in [3.63, 3.8) is 0 Å². The Morgan fingerprint density at radius 3 is 2.22 bits per heavy atom. The van der Waals surface area contributed by atoms with E-state index in [0.717, 1.165) is 57.1 Å². The van der Waals surface area contributed by atoms with Crippen molar-refractivity contribution in [1.82, 2.24) is 20.3 Å². The molecule has 2 unspecified atom stereocenters. The number of aromatic nitrogens is 3. The Balaban J connectivity index is 0.000000151. The molecule has 3 heterocycles. The number of carbonyl (C=O) groups is 1. The van der Waals surface area contributed by atoms with Crippen LogP contribution in [0.2, 0.25) is 0 Å². The lowest BCUT2D eigenvalue weighted by atomic mass is 10.0. The molecule has 5 fully saturated rings. The molecule has 1 saturated heterocycles. The van der Waals surface area contributed by atoms with Gasteiger partial charge in [-0.15, -0.1) is 0 Å². The summed E-state index contributed by atoms with van der Waals surface area (Å²) in [6.07, 6.45) is 15.8. The van der Waals surface area contributed by atoms with E-state index in [-0.39, 0.29) is 18.0 Å². The van der Waals surface area contributed by atoms with Gasteiger partial charge in [-0.2, -0.15) is 0 Å². The Morgan fingerprint density at radius 1 is 1.05 bits per heavy atom. The van der Waals surface area contributed by atoms with Gasteiger partial charge in [0, 0.05) is 18.2 Å². The summed E-state index contributed by atoms with van der Waals surface area (Å²) in [7, 11) is 0. The van der Waals surface area contributed by atoms with Crippen LogP contribution in [0.15, 0.2) is 12.4 Å². The number of nitrogens with zero attached hydrogens (tertiary/aromatic N) is 2. The number of H-pyrrole nitrogens is 1. The maximum absolute atomic E-state index is 12.6. The quantitative estimate of drug-likeness (QED) is 0.395. The number of nitrogens with two attached hydrogens (primary N) is 1. The van der Waals surface area contributed by atoms with E-state index in [4.69, 9.17) is 10.5 Å². The van der Waals surface area contributed by atoms with Crippen molar-refractivity contribution in [1.29, 1.82) is 0 Å². The molecule has 2 aromatic rings. The Kier molecular flexibility index (Phi) is 7.11. The van der Waals surface area contributed by atoms with Crippen molar-refractivity contribution in [2.45, 2.75) is 132 Å². The third-order valence-corrected chi connectivity index (χ3v) is 9.04. The fourth-order valence-corrected chi connectivity index (χ4v) is 5.96. The monoisotopic (exact) mass is 513 g/mol. The van der Waals surface area contributed by atoms with Gasteiger partial charge in [0.2, 0.25) is 0 Å². The van der Waals surface area contributed by atoms with Crippen LogP contribution in [-0.4, -0.2) is 66.1 Å². The van der Waals surface area contributed by atoms with Gasteiger partial charge in [0.05, 0.1) is 46.4 Å². The zero-order valence-corrected chi connectivity index (χ0v) is 22.4. The highest BCUT2D eigenvalue weighted by Gasteiger charge is 2.55. The zero-order chi connectivity index (χ0) is 26.4. The summed E-state index contributed by atoms with van der Waals surface area (Å²) in [5.41, 5.74) is 7.26. The molecule has 1 amide bonds. The summed E-state index contributed by atoms with van der Waals surface area (Å²) in [5, 5.41) is 22.6. The van der Waals surface area contributed by atoms with Crippen LogP contribution in [0, 0.1) is 0 Å². The first kappa shape index (κ1) is 26.5. The van der Waals surface area contributed by atoms with Crippen LogP contribution >= 0.6 is 0 Å². The molecular formula is C28H43N5O4. The number of ether oxygens (including phenoxy) is 1. The van der Waals surface area contributed by atoms with Crippen LogP contribution in [0.4, 0.5) is 0 Å². The highest BCUT2D eigenvalue weighted by molar-refractivity contribution is 6.04. The van der Waals surface area contributed by atoms with Crippen LogP contribution in [0.3, 0.4) is 0 Å². The normalized spacial score (nSPS) is 37.8. The molecule has 4 aliphatic carbocycles. The molecule has 204 valence electrons. The van der Waals surface area contributed by atoms with Crippen molar-refractivity contribution >= 4 is 17.1 Å². The largest absolute Gasteiger partial charge is 0.389 e. The zero-order valence-electron chi connectivity index (χ0n) is 22.4. The first-order valence-corrected chi connectivity index (χ1v) is 14.0. The summed E-state index contributed by atoms with van der Waals surface area (Å²) in [6, 6.07) is -0.188. The van der Waals surface area contributed by atoms with Crippen LogP contribution in [-0.2, 0) is 4.74 Å². The molecule has 7 rings (SSSR count). The van der Waals surface area contributed by atoms with E-state index < -0.39 is 11.2 Å². The predicted octanol–water partition coefficient (Wildman–Crippen LogP) is 3.45. The third-order valence-electron chi connectivity index (χ3n) is 9.04. The molecule has 9 nitrogen and oxygen atoms in total. The average Bonchev–Trinajstić information content (AvgIpc) is 3.62. The van der Waals surface area contributed by atoms with Crippen molar-refractivity contribution in [2.75, 3.05) is 0 Å². The molecule has 0 bridgehead atoms. The smallest absolute Gasteiger partial charge is 0.255 e. The van der Waals surface area contributed by atoms with E-state index >= 15 is 0 Å². The molecule has 0 aromatic carbocycles. The summed E-state index contributed by atoms with van der Waals surface area (Å²) in [6.45, 7) is 5.81. The molecule has 9 heteroatoms. The first-order chi connectivity index (χ1) is 17.5. The minimum atomic E-state index is -0.827. The average molecular weight is 514 g/mol. The molecule has 0 spiro atoms. The van der Waals surface area contributed by atoms with Gasteiger partial charge in [-0.25, -0.2) is 9.97 Å². The predicted molar refractivity (Wildman–Crippen MR) is 141 cm³/mol. The topological polar surface area (TPSA) is 150 Å². The number of amides is 1. The number of epoxide rings is 1. The molecule has 37 heavy (non-hydrogen) atoms. The number of fused-ring (bicyclic) bond motifs is 2. The van der Waals surface area contributed by atoms with Crippen LogP contribution in [0.1, 0.15) is 113 Å². The highest BCUT2D eigenvalue weighted by atomic mass is 16.6. The van der Waals surface area contributed by atoms with Gasteiger partial charge in [0.25, 0.3) is 5.91 Å².